The van der Waals surface area contributed by atoms with Crippen molar-refractivity contribution in [2.24, 2.45) is 0 Å². The van der Waals surface area contributed by atoms with Crippen molar-refractivity contribution in [3.8, 4) is 0 Å². The molecule has 1 aromatic heterocycles. The van der Waals surface area contributed by atoms with Gasteiger partial charge in [0.2, 0.25) is 0 Å². The zero-order valence-corrected chi connectivity index (χ0v) is 8.29. The lowest BCUT2D eigenvalue weighted by Gasteiger charge is -2.02. The van der Waals surface area contributed by atoms with Crippen LogP contribution in [0.25, 0.3) is 0 Å². The van der Waals surface area contributed by atoms with Gasteiger partial charge < -0.3 is 10.4 Å². The maximum absolute atomic E-state index is 11.3. The summed E-state index contributed by atoms with van der Waals surface area (Å²) in [4.78, 5) is 15.2. The van der Waals surface area contributed by atoms with Gasteiger partial charge in [-0.2, -0.15) is 0 Å². The van der Waals surface area contributed by atoms with Crippen LogP contribution in [0.1, 0.15) is 16.9 Å². The van der Waals surface area contributed by atoms with Gasteiger partial charge in [-0.25, -0.2) is 4.98 Å². The predicted molar refractivity (Wildman–Crippen MR) is 53.3 cm³/mol. The molecule has 0 fully saturated rings. The Morgan fingerprint density at radius 3 is 2.93 bits per heavy atom. The van der Waals surface area contributed by atoms with Gasteiger partial charge in [-0.05, 0) is 18.6 Å². The van der Waals surface area contributed by atoms with Crippen molar-refractivity contribution < 1.29 is 9.90 Å². The van der Waals surface area contributed by atoms with Gasteiger partial charge in [0, 0.05) is 19.3 Å². The molecule has 2 N–H and O–H groups in total. The van der Waals surface area contributed by atoms with E-state index in [0.29, 0.717) is 23.7 Å². The highest BCUT2D eigenvalue weighted by Crippen LogP contribution is 2.05. The highest BCUT2D eigenvalue weighted by molar-refractivity contribution is 6.30. The van der Waals surface area contributed by atoms with E-state index in [9.17, 15) is 4.79 Å². The van der Waals surface area contributed by atoms with E-state index in [0.717, 1.165) is 0 Å². The standard InChI is InChI=1S/C9H11ClN2O2/c10-7-2-3-8(12-6-7)9(14)11-4-1-5-13/h2-3,6,13H,1,4-5H2,(H,11,14). The first-order valence-electron chi connectivity index (χ1n) is 4.24. The molecule has 1 heterocycles. The average molecular weight is 215 g/mol. The molecule has 0 aliphatic heterocycles. The molecule has 1 amide bonds. The lowest BCUT2D eigenvalue weighted by molar-refractivity contribution is 0.0946. The van der Waals surface area contributed by atoms with Crippen molar-refractivity contribution >= 4 is 17.5 Å². The molecular weight excluding hydrogens is 204 g/mol. The molecule has 0 saturated carbocycles. The summed E-state index contributed by atoms with van der Waals surface area (Å²) in [5.74, 6) is -0.255. The van der Waals surface area contributed by atoms with Gasteiger partial charge in [0.05, 0.1) is 5.02 Å². The highest BCUT2D eigenvalue weighted by atomic mass is 35.5. The van der Waals surface area contributed by atoms with Crippen molar-refractivity contribution in [1.82, 2.24) is 10.3 Å². The first kappa shape index (κ1) is 10.9. The molecule has 4 nitrogen and oxygen atoms in total. The number of pyridine rings is 1. The fourth-order valence-electron chi connectivity index (χ4n) is 0.882. The monoisotopic (exact) mass is 214 g/mol. The maximum atomic E-state index is 11.3. The molecule has 0 bridgehead atoms. The predicted octanol–water partition coefficient (Wildman–Crippen LogP) is 0.847. The summed E-state index contributed by atoms with van der Waals surface area (Å²) < 4.78 is 0. The lowest BCUT2D eigenvalue weighted by Crippen LogP contribution is -2.25. The minimum absolute atomic E-state index is 0.0638. The summed E-state index contributed by atoms with van der Waals surface area (Å²) >= 11 is 5.62. The number of hydrogen-bond donors (Lipinski definition) is 2. The van der Waals surface area contributed by atoms with Crippen molar-refractivity contribution in [1.29, 1.82) is 0 Å². The van der Waals surface area contributed by atoms with Crippen LogP contribution < -0.4 is 5.32 Å². The number of carbonyl (C=O) groups is 1. The maximum Gasteiger partial charge on any atom is 0.269 e. The molecule has 0 aliphatic rings. The summed E-state index contributed by atoms with van der Waals surface area (Å²) in [6, 6.07) is 3.16. The Bertz CT molecular complexity index is 300. The fraction of sp³-hybridized carbons (Fsp3) is 0.333. The lowest BCUT2D eigenvalue weighted by atomic mass is 10.3. The Hall–Kier alpha value is -1.13. The van der Waals surface area contributed by atoms with E-state index >= 15 is 0 Å². The van der Waals surface area contributed by atoms with Crippen LogP contribution in [-0.2, 0) is 0 Å². The van der Waals surface area contributed by atoms with E-state index in [1.807, 2.05) is 0 Å². The number of amides is 1. The number of aliphatic hydroxyl groups is 1. The number of halogens is 1. The quantitative estimate of drug-likeness (QED) is 0.731. The third-order valence-corrected chi connectivity index (χ3v) is 1.80. The van der Waals surface area contributed by atoms with E-state index < -0.39 is 0 Å². The van der Waals surface area contributed by atoms with Gasteiger partial charge >= 0.3 is 0 Å². The molecule has 0 aromatic carbocycles. The number of aromatic nitrogens is 1. The van der Waals surface area contributed by atoms with Crippen molar-refractivity contribution in [3.05, 3.63) is 29.0 Å². The average Bonchev–Trinajstić information content (AvgIpc) is 2.19. The van der Waals surface area contributed by atoms with E-state index in [-0.39, 0.29) is 12.5 Å². The van der Waals surface area contributed by atoms with Crippen LogP contribution in [0.5, 0.6) is 0 Å². The van der Waals surface area contributed by atoms with Crippen LogP contribution in [0.15, 0.2) is 18.3 Å². The Morgan fingerprint density at radius 2 is 2.36 bits per heavy atom. The van der Waals surface area contributed by atoms with Crippen molar-refractivity contribution in [3.63, 3.8) is 0 Å². The first-order valence-corrected chi connectivity index (χ1v) is 4.62. The molecule has 76 valence electrons. The number of aliphatic hydroxyl groups excluding tert-OH is 1. The molecule has 0 aliphatic carbocycles. The Labute approximate surface area is 86.9 Å². The third-order valence-electron chi connectivity index (χ3n) is 1.58. The van der Waals surface area contributed by atoms with Crippen LogP contribution in [0.2, 0.25) is 5.02 Å². The summed E-state index contributed by atoms with van der Waals surface area (Å²) in [5.41, 5.74) is 0.326. The molecule has 0 saturated heterocycles. The van der Waals surface area contributed by atoms with Gasteiger partial charge in [-0.15, -0.1) is 0 Å². The molecule has 0 unspecified atom stereocenters. The van der Waals surface area contributed by atoms with E-state index in [2.05, 4.69) is 10.3 Å². The van der Waals surface area contributed by atoms with Crippen molar-refractivity contribution in [2.75, 3.05) is 13.2 Å². The Morgan fingerprint density at radius 1 is 1.57 bits per heavy atom. The molecule has 14 heavy (non-hydrogen) atoms. The van der Waals surface area contributed by atoms with E-state index in [1.54, 1.807) is 12.1 Å². The SMILES string of the molecule is O=C(NCCCO)c1ccc(Cl)cn1. The summed E-state index contributed by atoms with van der Waals surface area (Å²) in [7, 11) is 0. The topological polar surface area (TPSA) is 62.2 Å². The fourth-order valence-corrected chi connectivity index (χ4v) is 0.993. The summed E-state index contributed by atoms with van der Waals surface area (Å²) in [5, 5.41) is 11.6. The Kier molecular flexibility index (Phi) is 4.35. The van der Waals surface area contributed by atoms with Gasteiger partial charge in [0.1, 0.15) is 5.69 Å². The first-order chi connectivity index (χ1) is 6.74. The molecule has 1 rings (SSSR count). The number of rotatable bonds is 4. The van der Waals surface area contributed by atoms with Crippen LogP contribution in [-0.4, -0.2) is 29.1 Å². The second kappa shape index (κ2) is 5.57. The number of nitrogens with one attached hydrogen (secondary N) is 1. The minimum atomic E-state index is -0.255. The third kappa shape index (κ3) is 3.32. The van der Waals surface area contributed by atoms with Crippen LogP contribution in [0, 0.1) is 0 Å². The Balaban J connectivity index is 2.48. The van der Waals surface area contributed by atoms with Crippen LogP contribution >= 0.6 is 11.6 Å². The number of hydrogen-bond acceptors (Lipinski definition) is 3. The van der Waals surface area contributed by atoms with E-state index in [4.69, 9.17) is 16.7 Å². The molecule has 0 spiro atoms. The molecule has 0 radical (unpaired) electrons. The van der Waals surface area contributed by atoms with Gasteiger partial charge in [0.15, 0.2) is 0 Å². The normalized spacial score (nSPS) is 9.86. The molecule has 1 aromatic rings. The van der Waals surface area contributed by atoms with Crippen LogP contribution in [0.3, 0.4) is 0 Å². The van der Waals surface area contributed by atoms with Crippen LogP contribution in [0.4, 0.5) is 0 Å². The molecular formula is C9H11ClN2O2. The zero-order chi connectivity index (χ0) is 10.4. The minimum Gasteiger partial charge on any atom is -0.396 e. The largest absolute Gasteiger partial charge is 0.396 e. The second-order valence-electron chi connectivity index (χ2n) is 2.69. The van der Waals surface area contributed by atoms with Gasteiger partial charge in [0.25, 0.3) is 5.91 Å². The smallest absolute Gasteiger partial charge is 0.269 e. The number of nitrogens with zero attached hydrogens (tertiary/aromatic N) is 1. The number of carbonyl (C=O) groups excluding carboxylic acids is 1. The summed E-state index contributed by atoms with van der Waals surface area (Å²) in [6.07, 6.45) is 1.96. The zero-order valence-electron chi connectivity index (χ0n) is 7.53. The molecule has 0 atom stereocenters. The molecule has 5 heteroatoms. The van der Waals surface area contributed by atoms with Gasteiger partial charge in [-0.3, -0.25) is 4.79 Å². The highest BCUT2D eigenvalue weighted by Gasteiger charge is 2.04. The summed E-state index contributed by atoms with van der Waals surface area (Å²) in [6.45, 7) is 0.508. The second-order valence-corrected chi connectivity index (χ2v) is 3.13. The van der Waals surface area contributed by atoms with E-state index in [1.165, 1.54) is 6.20 Å². The van der Waals surface area contributed by atoms with Gasteiger partial charge in [-0.1, -0.05) is 11.6 Å². The van der Waals surface area contributed by atoms with Crippen molar-refractivity contribution in [2.45, 2.75) is 6.42 Å².